The molecule has 1 amide bonds. The highest BCUT2D eigenvalue weighted by Gasteiger charge is 2.15. The van der Waals surface area contributed by atoms with Crippen molar-refractivity contribution < 1.29 is 19.0 Å². The summed E-state index contributed by atoms with van der Waals surface area (Å²) in [7, 11) is 0. The third-order valence-corrected chi connectivity index (χ3v) is 4.40. The van der Waals surface area contributed by atoms with Gasteiger partial charge in [0.25, 0.3) is 0 Å². The number of amides is 1. The van der Waals surface area contributed by atoms with Gasteiger partial charge in [0.15, 0.2) is 11.5 Å². The summed E-state index contributed by atoms with van der Waals surface area (Å²) in [5, 5.41) is 2.99. The molecule has 0 bridgehead atoms. The average Bonchev–Trinajstić information content (AvgIpc) is 3.27. The Kier molecular flexibility index (Phi) is 4.06. The highest BCUT2D eigenvalue weighted by molar-refractivity contribution is 5.92. The minimum absolute atomic E-state index is 0.0696. The first-order valence-corrected chi connectivity index (χ1v) is 8.33. The number of fused-ring (bicyclic) bond motifs is 2. The summed E-state index contributed by atoms with van der Waals surface area (Å²) in [6.07, 6.45) is 4.22. The zero-order chi connectivity index (χ0) is 17.2. The Bertz CT molecular complexity index is 844. The molecule has 2 aromatic carbocycles. The van der Waals surface area contributed by atoms with E-state index in [1.807, 2.05) is 37.3 Å². The molecule has 0 aromatic heterocycles. The Morgan fingerprint density at radius 3 is 2.84 bits per heavy atom. The number of hydrogen-bond donors (Lipinski definition) is 1. The fourth-order valence-electron chi connectivity index (χ4n) is 3.01. The predicted octanol–water partition coefficient (Wildman–Crippen LogP) is 3.24. The number of hydrogen-bond acceptors (Lipinski definition) is 4. The predicted molar refractivity (Wildman–Crippen MR) is 93.8 cm³/mol. The Hall–Kier alpha value is -2.95. The van der Waals surface area contributed by atoms with Crippen LogP contribution in [0.2, 0.25) is 0 Å². The maximum absolute atomic E-state index is 12.2. The van der Waals surface area contributed by atoms with E-state index < -0.39 is 0 Å². The average molecular weight is 337 g/mol. The van der Waals surface area contributed by atoms with Gasteiger partial charge in [0.05, 0.1) is 12.6 Å². The first-order chi connectivity index (χ1) is 12.2. The zero-order valence-corrected chi connectivity index (χ0v) is 14.0. The van der Waals surface area contributed by atoms with Crippen molar-refractivity contribution >= 4 is 12.0 Å². The van der Waals surface area contributed by atoms with Crippen molar-refractivity contribution in [3.63, 3.8) is 0 Å². The van der Waals surface area contributed by atoms with Crippen LogP contribution >= 0.6 is 0 Å². The summed E-state index contributed by atoms with van der Waals surface area (Å²) in [6.45, 7) is 2.95. The topological polar surface area (TPSA) is 56.8 Å². The number of ether oxygens (including phenoxy) is 3. The maximum Gasteiger partial charge on any atom is 0.244 e. The molecule has 128 valence electrons. The lowest BCUT2D eigenvalue weighted by Gasteiger charge is -2.14. The van der Waals surface area contributed by atoms with Crippen LogP contribution < -0.4 is 19.5 Å². The van der Waals surface area contributed by atoms with Gasteiger partial charge >= 0.3 is 0 Å². The van der Waals surface area contributed by atoms with Gasteiger partial charge in [0.2, 0.25) is 12.7 Å². The summed E-state index contributed by atoms with van der Waals surface area (Å²) in [5.41, 5.74) is 3.17. The molecule has 1 atom stereocenters. The van der Waals surface area contributed by atoms with Crippen molar-refractivity contribution in [2.75, 3.05) is 13.4 Å². The first-order valence-electron chi connectivity index (χ1n) is 8.33. The van der Waals surface area contributed by atoms with Gasteiger partial charge in [-0.2, -0.15) is 0 Å². The minimum atomic E-state index is -0.137. The van der Waals surface area contributed by atoms with E-state index in [0.29, 0.717) is 5.75 Å². The number of nitrogens with one attached hydrogen (secondary N) is 1. The lowest BCUT2D eigenvalue weighted by atomic mass is 10.0. The number of carbonyl (C=O) groups is 1. The second kappa shape index (κ2) is 6.51. The number of carbonyl (C=O) groups excluding carboxylic acids is 1. The lowest BCUT2D eigenvalue weighted by molar-refractivity contribution is -0.117. The van der Waals surface area contributed by atoms with E-state index in [-0.39, 0.29) is 18.7 Å². The van der Waals surface area contributed by atoms with Crippen LogP contribution in [-0.2, 0) is 11.2 Å². The summed E-state index contributed by atoms with van der Waals surface area (Å²) >= 11 is 0. The van der Waals surface area contributed by atoms with Crippen molar-refractivity contribution in [1.29, 1.82) is 0 Å². The molecule has 0 aliphatic carbocycles. The molecule has 2 aromatic rings. The van der Waals surface area contributed by atoms with Gasteiger partial charge in [-0.1, -0.05) is 12.1 Å². The molecular formula is C20H19NO4. The first kappa shape index (κ1) is 15.6. The van der Waals surface area contributed by atoms with Crippen LogP contribution in [0.3, 0.4) is 0 Å². The van der Waals surface area contributed by atoms with Gasteiger partial charge < -0.3 is 19.5 Å². The van der Waals surface area contributed by atoms with Crippen LogP contribution in [0.15, 0.2) is 42.5 Å². The van der Waals surface area contributed by atoms with E-state index in [4.69, 9.17) is 14.2 Å². The van der Waals surface area contributed by atoms with E-state index in [1.54, 1.807) is 6.08 Å². The minimum Gasteiger partial charge on any atom is -0.493 e. The smallest absolute Gasteiger partial charge is 0.244 e. The molecular weight excluding hydrogens is 318 g/mol. The molecule has 25 heavy (non-hydrogen) atoms. The standard InChI is InChI=1S/C20H19NO4/c1-13(15-4-6-17-16(11-15)8-9-23-17)21-20(22)7-3-14-2-5-18-19(10-14)25-12-24-18/h2-7,10-11,13H,8-9,12H2,1H3,(H,21,22). The molecule has 1 N–H and O–H groups in total. The Balaban J connectivity index is 1.39. The third kappa shape index (κ3) is 3.31. The molecule has 4 rings (SSSR count). The highest BCUT2D eigenvalue weighted by Crippen LogP contribution is 2.32. The SMILES string of the molecule is CC(NC(=O)C=Cc1ccc2c(c1)OCO2)c1ccc2c(c1)CCO2. The van der Waals surface area contributed by atoms with Crippen molar-refractivity contribution in [2.24, 2.45) is 0 Å². The Morgan fingerprint density at radius 1 is 1.08 bits per heavy atom. The van der Waals surface area contributed by atoms with Crippen LogP contribution in [0.4, 0.5) is 0 Å². The van der Waals surface area contributed by atoms with Crippen molar-refractivity contribution in [2.45, 2.75) is 19.4 Å². The van der Waals surface area contributed by atoms with E-state index in [9.17, 15) is 4.79 Å². The number of benzene rings is 2. The van der Waals surface area contributed by atoms with Crippen LogP contribution in [0.5, 0.6) is 17.2 Å². The summed E-state index contributed by atoms with van der Waals surface area (Å²) < 4.78 is 16.1. The monoisotopic (exact) mass is 337 g/mol. The zero-order valence-electron chi connectivity index (χ0n) is 14.0. The van der Waals surface area contributed by atoms with Gasteiger partial charge in [-0.3, -0.25) is 4.79 Å². The molecule has 0 fully saturated rings. The molecule has 2 aliphatic heterocycles. The van der Waals surface area contributed by atoms with E-state index in [1.165, 1.54) is 11.6 Å². The van der Waals surface area contributed by atoms with Gasteiger partial charge in [0.1, 0.15) is 5.75 Å². The molecule has 1 unspecified atom stereocenters. The Morgan fingerprint density at radius 2 is 1.92 bits per heavy atom. The van der Waals surface area contributed by atoms with E-state index in [0.717, 1.165) is 35.7 Å². The van der Waals surface area contributed by atoms with Gasteiger partial charge in [-0.15, -0.1) is 0 Å². The molecule has 5 heteroatoms. The molecule has 0 radical (unpaired) electrons. The van der Waals surface area contributed by atoms with Crippen LogP contribution in [0.25, 0.3) is 6.08 Å². The van der Waals surface area contributed by atoms with Crippen molar-refractivity contribution in [1.82, 2.24) is 5.32 Å². The molecule has 5 nitrogen and oxygen atoms in total. The fraction of sp³-hybridized carbons (Fsp3) is 0.250. The third-order valence-electron chi connectivity index (χ3n) is 4.40. The van der Waals surface area contributed by atoms with E-state index >= 15 is 0 Å². The molecule has 2 aliphatic rings. The Labute approximate surface area is 146 Å². The quantitative estimate of drug-likeness (QED) is 0.870. The van der Waals surface area contributed by atoms with E-state index in [2.05, 4.69) is 11.4 Å². The second-order valence-corrected chi connectivity index (χ2v) is 6.14. The summed E-state index contributed by atoms with van der Waals surface area (Å²) in [6, 6.07) is 11.6. The lowest BCUT2D eigenvalue weighted by Crippen LogP contribution is -2.24. The normalized spacial score (nSPS) is 15.7. The highest BCUT2D eigenvalue weighted by atomic mass is 16.7. The largest absolute Gasteiger partial charge is 0.493 e. The molecule has 0 saturated heterocycles. The van der Waals surface area contributed by atoms with Crippen molar-refractivity contribution in [3.05, 3.63) is 59.2 Å². The van der Waals surface area contributed by atoms with Crippen molar-refractivity contribution in [3.8, 4) is 17.2 Å². The summed E-state index contributed by atoms with van der Waals surface area (Å²) in [5.74, 6) is 2.25. The van der Waals surface area contributed by atoms with Crippen LogP contribution in [0, 0.1) is 0 Å². The van der Waals surface area contributed by atoms with Crippen LogP contribution in [0.1, 0.15) is 29.7 Å². The number of rotatable bonds is 4. The molecule has 0 spiro atoms. The van der Waals surface area contributed by atoms with Gasteiger partial charge in [0, 0.05) is 12.5 Å². The molecule has 0 saturated carbocycles. The van der Waals surface area contributed by atoms with Gasteiger partial charge in [-0.25, -0.2) is 0 Å². The summed E-state index contributed by atoms with van der Waals surface area (Å²) in [4.78, 5) is 12.2. The fourth-order valence-corrected chi connectivity index (χ4v) is 3.01. The van der Waals surface area contributed by atoms with Gasteiger partial charge in [-0.05, 0) is 54.0 Å². The second-order valence-electron chi connectivity index (χ2n) is 6.14. The molecule has 2 heterocycles. The van der Waals surface area contributed by atoms with Crippen LogP contribution in [-0.4, -0.2) is 19.3 Å². The maximum atomic E-state index is 12.2.